The van der Waals surface area contributed by atoms with Gasteiger partial charge in [-0.2, -0.15) is 4.68 Å². The summed E-state index contributed by atoms with van der Waals surface area (Å²) in [5.41, 5.74) is 6.88. The summed E-state index contributed by atoms with van der Waals surface area (Å²) in [6.45, 7) is 1.40. The molecule has 2 aromatic rings. The second-order valence-corrected chi connectivity index (χ2v) is 5.19. The van der Waals surface area contributed by atoms with Crippen LogP contribution in [-0.4, -0.2) is 52.6 Å². The van der Waals surface area contributed by atoms with Gasteiger partial charge in [-0.15, -0.1) is 0 Å². The van der Waals surface area contributed by atoms with Gasteiger partial charge >= 0.3 is 0 Å². The normalized spacial score (nSPS) is 22.5. The highest BCUT2D eigenvalue weighted by atomic mass is 16.5. The van der Waals surface area contributed by atoms with Crippen LogP contribution < -0.4 is 10.6 Å². The Balaban J connectivity index is 1.89. The second kappa shape index (κ2) is 6.19. The van der Waals surface area contributed by atoms with E-state index in [2.05, 4.69) is 20.4 Å². The van der Waals surface area contributed by atoms with E-state index in [1.54, 1.807) is 11.8 Å². The molecule has 0 bridgehead atoms. The number of nitrogens with two attached hydrogens (primary N) is 1. The van der Waals surface area contributed by atoms with Crippen LogP contribution in [0.2, 0.25) is 0 Å². The average molecular weight is 288 g/mol. The molecule has 1 aliphatic heterocycles. The predicted molar refractivity (Wildman–Crippen MR) is 79.4 cm³/mol. The number of benzene rings is 1. The largest absolute Gasteiger partial charge is 0.381 e. The van der Waals surface area contributed by atoms with Gasteiger partial charge in [-0.25, -0.2) is 0 Å². The van der Waals surface area contributed by atoms with Gasteiger partial charge in [0.1, 0.15) is 0 Å². The predicted octanol–water partition coefficient (Wildman–Crippen LogP) is 0.605. The van der Waals surface area contributed by atoms with Crippen molar-refractivity contribution < 1.29 is 4.74 Å². The lowest BCUT2D eigenvalue weighted by Gasteiger charge is -2.38. The second-order valence-electron chi connectivity index (χ2n) is 5.19. The van der Waals surface area contributed by atoms with Gasteiger partial charge in [0.05, 0.1) is 11.8 Å². The summed E-state index contributed by atoms with van der Waals surface area (Å²) in [6, 6.07) is 10.1. The van der Waals surface area contributed by atoms with Gasteiger partial charge in [0.15, 0.2) is 0 Å². The van der Waals surface area contributed by atoms with Gasteiger partial charge in [0, 0.05) is 26.2 Å². The molecule has 1 aromatic heterocycles. The van der Waals surface area contributed by atoms with Crippen molar-refractivity contribution in [2.45, 2.75) is 25.0 Å². The van der Waals surface area contributed by atoms with Crippen LogP contribution >= 0.6 is 0 Å². The van der Waals surface area contributed by atoms with Crippen molar-refractivity contribution in [1.29, 1.82) is 0 Å². The minimum Gasteiger partial charge on any atom is -0.381 e. The maximum absolute atomic E-state index is 5.93. The Labute approximate surface area is 123 Å². The number of nitrogens with zero attached hydrogens (tertiary/aromatic N) is 5. The summed E-state index contributed by atoms with van der Waals surface area (Å²) in [6.07, 6.45) is 2.11. The van der Waals surface area contributed by atoms with Crippen molar-refractivity contribution in [2.75, 3.05) is 25.1 Å². The third-order valence-corrected chi connectivity index (χ3v) is 3.98. The molecule has 112 valence electrons. The lowest BCUT2D eigenvalue weighted by Crippen LogP contribution is -2.49. The molecule has 21 heavy (non-hydrogen) atoms. The lowest BCUT2D eigenvalue weighted by atomic mass is 10.00. The highest BCUT2D eigenvalue weighted by Gasteiger charge is 2.31. The number of methoxy groups -OCH3 is 1. The van der Waals surface area contributed by atoms with E-state index in [0.29, 0.717) is 6.54 Å². The third-order valence-electron chi connectivity index (χ3n) is 3.98. The fourth-order valence-corrected chi connectivity index (χ4v) is 2.81. The van der Waals surface area contributed by atoms with E-state index in [-0.39, 0.29) is 12.1 Å². The maximum Gasteiger partial charge on any atom is 0.250 e. The molecule has 0 radical (unpaired) electrons. The van der Waals surface area contributed by atoms with Gasteiger partial charge in [-0.3, -0.25) is 0 Å². The standard InChI is InChI=1S/C14H20N6O/c1-21-13-7-8-19(12(9-13)10-15)14-16-17-18-20(14)11-5-3-2-4-6-11/h2-6,12-13H,7-10,15H2,1H3. The number of hydrogen-bond donors (Lipinski definition) is 1. The molecule has 2 N–H and O–H groups in total. The van der Waals surface area contributed by atoms with Crippen LogP contribution in [0.15, 0.2) is 30.3 Å². The van der Waals surface area contributed by atoms with Crippen molar-refractivity contribution in [1.82, 2.24) is 20.2 Å². The van der Waals surface area contributed by atoms with Crippen molar-refractivity contribution in [2.24, 2.45) is 5.73 Å². The topological polar surface area (TPSA) is 82.1 Å². The van der Waals surface area contributed by atoms with Gasteiger partial charge in [-0.1, -0.05) is 23.3 Å². The molecule has 1 fully saturated rings. The smallest absolute Gasteiger partial charge is 0.250 e. The molecule has 3 rings (SSSR count). The van der Waals surface area contributed by atoms with E-state index in [1.165, 1.54) is 0 Å². The van der Waals surface area contributed by atoms with Crippen molar-refractivity contribution in [3.05, 3.63) is 30.3 Å². The van der Waals surface area contributed by atoms with Gasteiger partial charge in [0.25, 0.3) is 5.95 Å². The van der Waals surface area contributed by atoms with E-state index in [1.807, 2.05) is 30.3 Å². The summed E-state index contributed by atoms with van der Waals surface area (Å²) in [4.78, 5) is 2.18. The molecule has 0 amide bonds. The summed E-state index contributed by atoms with van der Waals surface area (Å²) in [5.74, 6) is 0.742. The molecule has 0 aliphatic carbocycles. The van der Waals surface area contributed by atoms with Crippen molar-refractivity contribution in [3.8, 4) is 5.69 Å². The number of para-hydroxylation sites is 1. The molecule has 2 atom stereocenters. The fraction of sp³-hybridized carbons (Fsp3) is 0.500. The Morgan fingerprint density at radius 3 is 2.86 bits per heavy atom. The Morgan fingerprint density at radius 1 is 1.33 bits per heavy atom. The molecule has 7 nitrogen and oxygen atoms in total. The molecule has 1 saturated heterocycles. The Hall–Kier alpha value is -1.99. The van der Waals surface area contributed by atoms with Crippen LogP contribution in [0, 0.1) is 0 Å². The minimum absolute atomic E-state index is 0.192. The van der Waals surface area contributed by atoms with Crippen LogP contribution in [0.25, 0.3) is 5.69 Å². The monoisotopic (exact) mass is 288 g/mol. The van der Waals surface area contributed by atoms with Crippen LogP contribution in [0.3, 0.4) is 0 Å². The number of rotatable bonds is 4. The van der Waals surface area contributed by atoms with E-state index in [4.69, 9.17) is 10.5 Å². The molecule has 7 heteroatoms. The average Bonchev–Trinajstić information content (AvgIpc) is 3.04. The highest BCUT2D eigenvalue weighted by Crippen LogP contribution is 2.25. The number of tetrazole rings is 1. The molecule has 0 saturated carbocycles. The summed E-state index contributed by atoms with van der Waals surface area (Å²) >= 11 is 0. The first-order chi connectivity index (χ1) is 10.3. The zero-order valence-corrected chi connectivity index (χ0v) is 12.1. The quantitative estimate of drug-likeness (QED) is 0.887. The van der Waals surface area contributed by atoms with Crippen molar-refractivity contribution in [3.63, 3.8) is 0 Å². The summed E-state index contributed by atoms with van der Waals surface area (Å²) < 4.78 is 7.22. The van der Waals surface area contributed by atoms with E-state index >= 15 is 0 Å². The van der Waals surface area contributed by atoms with Gasteiger partial charge in [0.2, 0.25) is 0 Å². The Morgan fingerprint density at radius 2 is 2.14 bits per heavy atom. The van der Waals surface area contributed by atoms with Gasteiger partial charge < -0.3 is 15.4 Å². The van der Waals surface area contributed by atoms with E-state index < -0.39 is 0 Å². The van der Waals surface area contributed by atoms with Crippen LogP contribution in [0.1, 0.15) is 12.8 Å². The number of piperidine rings is 1. The molecule has 2 heterocycles. The Kier molecular flexibility index (Phi) is 4.12. The number of ether oxygens (including phenoxy) is 1. The molecular formula is C14H20N6O. The SMILES string of the molecule is COC1CCN(c2nnnn2-c2ccccc2)C(CN)C1. The maximum atomic E-state index is 5.93. The first-order valence-corrected chi connectivity index (χ1v) is 7.16. The number of anilines is 1. The van der Waals surface area contributed by atoms with Crippen molar-refractivity contribution >= 4 is 5.95 Å². The summed E-state index contributed by atoms with van der Waals surface area (Å²) in [5, 5.41) is 12.1. The molecule has 1 aliphatic rings. The van der Waals surface area contributed by atoms with E-state index in [9.17, 15) is 0 Å². The molecular weight excluding hydrogens is 268 g/mol. The molecule has 2 unspecified atom stereocenters. The van der Waals surface area contributed by atoms with Crippen LogP contribution in [0.5, 0.6) is 0 Å². The summed E-state index contributed by atoms with van der Waals surface area (Å²) in [7, 11) is 1.75. The Bertz CT molecular complexity index is 572. The number of hydrogen-bond acceptors (Lipinski definition) is 6. The lowest BCUT2D eigenvalue weighted by molar-refractivity contribution is 0.0705. The van der Waals surface area contributed by atoms with Crippen LogP contribution in [-0.2, 0) is 4.74 Å². The van der Waals surface area contributed by atoms with Crippen LogP contribution in [0.4, 0.5) is 5.95 Å². The number of aromatic nitrogens is 4. The third kappa shape index (κ3) is 2.74. The minimum atomic E-state index is 0.192. The molecule has 1 aromatic carbocycles. The van der Waals surface area contributed by atoms with E-state index in [0.717, 1.165) is 31.0 Å². The zero-order chi connectivity index (χ0) is 14.7. The first kappa shape index (κ1) is 14.0. The highest BCUT2D eigenvalue weighted by molar-refractivity contribution is 5.41. The first-order valence-electron chi connectivity index (χ1n) is 7.16. The van der Waals surface area contributed by atoms with Gasteiger partial charge in [-0.05, 0) is 35.4 Å². The molecule has 0 spiro atoms. The zero-order valence-electron chi connectivity index (χ0n) is 12.1. The fourth-order valence-electron chi connectivity index (χ4n) is 2.81.